The summed E-state index contributed by atoms with van der Waals surface area (Å²) in [4.78, 5) is 11.1. The number of carboxylic acids is 1. The largest absolute Gasteiger partial charge is 0.478 e. The smallest absolute Gasteiger partial charge is 0.337 e. The van der Waals surface area contributed by atoms with Gasteiger partial charge >= 0.3 is 5.97 Å². The van der Waals surface area contributed by atoms with Gasteiger partial charge in [-0.3, -0.25) is 0 Å². The van der Waals surface area contributed by atoms with E-state index in [1.807, 2.05) is 6.07 Å². The Labute approximate surface area is 117 Å². The lowest BCUT2D eigenvalue weighted by atomic mass is 10.1. The molecule has 20 heavy (non-hydrogen) atoms. The summed E-state index contributed by atoms with van der Waals surface area (Å²) in [6.45, 7) is 0. The minimum atomic E-state index is -1.01. The Morgan fingerprint density at radius 1 is 1.05 bits per heavy atom. The molecule has 0 spiro atoms. The molecular weight excluding hydrogens is 252 g/mol. The van der Waals surface area contributed by atoms with Crippen LogP contribution in [0.1, 0.15) is 27.9 Å². The van der Waals surface area contributed by atoms with E-state index in [-0.39, 0.29) is 11.3 Å². The van der Waals surface area contributed by atoms with Crippen molar-refractivity contribution in [1.29, 1.82) is 0 Å². The Balaban J connectivity index is 1.88. The zero-order valence-corrected chi connectivity index (χ0v) is 11.0. The van der Waals surface area contributed by atoms with Gasteiger partial charge in [0, 0.05) is 17.1 Å². The highest BCUT2D eigenvalue weighted by atomic mass is 16.4. The number of carbonyl (C=O) groups is 1. The van der Waals surface area contributed by atoms with Crippen LogP contribution < -0.4 is 11.1 Å². The number of benzene rings is 2. The third-order valence-electron chi connectivity index (χ3n) is 3.67. The average Bonchev–Trinajstić information content (AvgIpc) is 2.88. The van der Waals surface area contributed by atoms with E-state index in [9.17, 15) is 4.79 Å². The second-order valence-electron chi connectivity index (χ2n) is 5.07. The highest BCUT2D eigenvalue weighted by Gasteiger charge is 2.12. The number of hydrogen-bond acceptors (Lipinski definition) is 3. The Hall–Kier alpha value is -2.49. The van der Waals surface area contributed by atoms with Gasteiger partial charge in [-0.25, -0.2) is 4.79 Å². The quantitative estimate of drug-likeness (QED) is 0.747. The van der Waals surface area contributed by atoms with Crippen molar-refractivity contribution in [1.82, 2.24) is 0 Å². The van der Waals surface area contributed by atoms with E-state index in [0.29, 0.717) is 0 Å². The number of nitrogen functional groups attached to an aromatic ring is 1. The van der Waals surface area contributed by atoms with Crippen molar-refractivity contribution in [3.8, 4) is 0 Å². The van der Waals surface area contributed by atoms with Crippen LogP contribution in [0.25, 0.3) is 0 Å². The number of nitrogens with two attached hydrogens (primary N) is 1. The van der Waals surface area contributed by atoms with Gasteiger partial charge < -0.3 is 16.2 Å². The lowest BCUT2D eigenvalue weighted by Crippen LogP contribution is -2.03. The van der Waals surface area contributed by atoms with E-state index >= 15 is 0 Å². The molecule has 0 fully saturated rings. The van der Waals surface area contributed by atoms with Crippen LogP contribution in [0.4, 0.5) is 17.1 Å². The van der Waals surface area contributed by atoms with Crippen LogP contribution in [0.3, 0.4) is 0 Å². The standard InChI is InChI=1S/C16H16N2O2/c17-15-7-6-13(9-14(15)16(19)20)18-12-5-4-10-2-1-3-11(10)8-12/h4-9,18H,1-3,17H2,(H,19,20). The van der Waals surface area contributed by atoms with Gasteiger partial charge in [0.15, 0.2) is 0 Å². The number of nitrogens with one attached hydrogen (secondary N) is 1. The Morgan fingerprint density at radius 2 is 1.75 bits per heavy atom. The third kappa shape index (κ3) is 2.32. The average molecular weight is 268 g/mol. The van der Waals surface area contributed by atoms with Crippen molar-refractivity contribution in [3.05, 3.63) is 53.1 Å². The third-order valence-corrected chi connectivity index (χ3v) is 3.67. The lowest BCUT2D eigenvalue weighted by Gasteiger charge is -2.10. The van der Waals surface area contributed by atoms with E-state index in [1.54, 1.807) is 18.2 Å². The van der Waals surface area contributed by atoms with Crippen LogP contribution in [0.15, 0.2) is 36.4 Å². The molecule has 0 radical (unpaired) electrons. The van der Waals surface area contributed by atoms with Gasteiger partial charge in [0.2, 0.25) is 0 Å². The highest BCUT2D eigenvalue weighted by molar-refractivity contribution is 5.95. The maximum atomic E-state index is 11.1. The molecule has 0 bridgehead atoms. The van der Waals surface area contributed by atoms with Gasteiger partial charge in [-0.2, -0.15) is 0 Å². The SMILES string of the molecule is Nc1ccc(Nc2ccc3c(c2)CCC3)cc1C(=O)O. The second kappa shape index (κ2) is 4.89. The van der Waals surface area contributed by atoms with Crippen LogP contribution in [-0.2, 0) is 12.8 Å². The topological polar surface area (TPSA) is 75.3 Å². The molecule has 4 heteroatoms. The first-order valence-electron chi connectivity index (χ1n) is 6.65. The molecule has 2 aromatic rings. The van der Waals surface area contributed by atoms with E-state index in [0.717, 1.165) is 24.2 Å². The van der Waals surface area contributed by atoms with Crippen molar-refractivity contribution in [3.63, 3.8) is 0 Å². The van der Waals surface area contributed by atoms with Gasteiger partial charge in [0.1, 0.15) is 0 Å². The van der Waals surface area contributed by atoms with Crippen molar-refractivity contribution in [2.75, 3.05) is 11.1 Å². The molecule has 0 aliphatic heterocycles. The molecule has 4 N–H and O–H groups in total. The number of aryl methyl sites for hydroxylation is 2. The highest BCUT2D eigenvalue weighted by Crippen LogP contribution is 2.27. The van der Waals surface area contributed by atoms with E-state index in [4.69, 9.17) is 10.8 Å². The van der Waals surface area contributed by atoms with Crippen molar-refractivity contribution >= 4 is 23.0 Å². The Kier molecular flexibility index (Phi) is 3.06. The van der Waals surface area contributed by atoms with Gasteiger partial charge in [-0.1, -0.05) is 6.07 Å². The van der Waals surface area contributed by atoms with Gasteiger partial charge in [-0.05, 0) is 60.7 Å². The molecule has 0 amide bonds. The summed E-state index contributed by atoms with van der Waals surface area (Å²) in [6, 6.07) is 11.3. The molecular formula is C16H16N2O2. The normalized spacial score (nSPS) is 13.0. The summed E-state index contributed by atoms with van der Waals surface area (Å²) in [5, 5.41) is 12.3. The van der Waals surface area contributed by atoms with Crippen LogP contribution in [-0.4, -0.2) is 11.1 Å². The minimum Gasteiger partial charge on any atom is -0.478 e. The van der Waals surface area contributed by atoms with Crippen molar-refractivity contribution in [2.24, 2.45) is 0 Å². The van der Waals surface area contributed by atoms with Crippen LogP contribution in [0, 0.1) is 0 Å². The molecule has 2 aromatic carbocycles. The summed E-state index contributed by atoms with van der Waals surface area (Å²) in [5.41, 5.74) is 10.5. The Morgan fingerprint density at radius 3 is 2.55 bits per heavy atom. The van der Waals surface area contributed by atoms with E-state index < -0.39 is 5.97 Å². The number of carboxylic acid groups (broad SMARTS) is 1. The molecule has 0 unspecified atom stereocenters. The number of aromatic carboxylic acids is 1. The predicted octanol–water partition coefficient (Wildman–Crippen LogP) is 3.20. The fraction of sp³-hybridized carbons (Fsp3) is 0.188. The minimum absolute atomic E-state index is 0.121. The summed E-state index contributed by atoms with van der Waals surface area (Å²) in [6.07, 6.45) is 3.48. The molecule has 1 aliphatic rings. The number of fused-ring (bicyclic) bond motifs is 1. The molecule has 0 aromatic heterocycles. The van der Waals surface area contributed by atoms with Gasteiger partial charge in [0.05, 0.1) is 5.56 Å². The molecule has 0 saturated carbocycles. The maximum Gasteiger partial charge on any atom is 0.337 e. The fourth-order valence-corrected chi connectivity index (χ4v) is 2.64. The maximum absolute atomic E-state index is 11.1. The van der Waals surface area contributed by atoms with Crippen molar-refractivity contribution in [2.45, 2.75) is 19.3 Å². The summed E-state index contributed by atoms with van der Waals surface area (Å²) >= 11 is 0. The molecule has 0 saturated heterocycles. The van der Waals surface area contributed by atoms with Crippen LogP contribution in [0.5, 0.6) is 0 Å². The van der Waals surface area contributed by atoms with Gasteiger partial charge in [-0.15, -0.1) is 0 Å². The molecule has 4 nitrogen and oxygen atoms in total. The molecule has 1 aliphatic carbocycles. The number of rotatable bonds is 3. The monoisotopic (exact) mass is 268 g/mol. The number of hydrogen-bond donors (Lipinski definition) is 3. The zero-order valence-electron chi connectivity index (χ0n) is 11.0. The summed E-state index contributed by atoms with van der Waals surface area (Å²) < 4.78 is 0. The predicted molar refractivity (Wildman–Crippen MR) is 79.6 cm³/mol. The van der Waals surface area contributed by atoms with Crippen molar-refractivity contribution < 1.29 is 9.90 Å². The molecule has 0 atom stereocenters. The summed E-state index contributed by atoms with van der Waals surface area (Å²) in [7, 11) is 0. The first-order chi connectivity index (χ1) is 9.63. The second-order valence-corrected chi connectivity index (χ2v) is 5.07. The first-order valence-corrected chi connectivity index (χ1v) is 6.65. The zero-order chi connectivity index (χ0) is 14.1. The first kappa shape index (κ1) is 12.5. The van der Waals surface area contributed by atoms with Crippen LogP contribution >= 0.6 is 0 Å². The number of anilines is 3. The Bertz CT molecular complexity index is 680. The van der Waals surface area contributed by atoms with E-state index in [1.165, 1.54) is 17.5 Å². The summed E-state index contributed by atoms with van der Waals surface area (Å²) in [5.74, 6) is -1.01. The van der Waals surface area contributed by atoms with Crippen LogP contribution in [0.2, 0.25) is 0 Å². The van der Waals surface area contributed by atoms with E-state index in [2.05, 4.69) is 17.4 Å². The molecule has 102 valence electrons. The van der Waals surface area contributed by atoms with Gasteiger partial charge in [0.25, 0.3) is 0 Å². The molecule has 3 rings (SSSR count). The molecule has 0 heterocycles. The fourth-order valence-electron chi connectivity index (χ4n) is 2.64. The lowest BCUT2D eigenvalue weighted by molar-refractivity contribution is 0.0698.